The number of rotatable bonds is 5. The van der Waals surface area contributed by atoms with Crippen LogP contribution in [0.15, 0.2) is 30.9 Å². The van der Waals surface area contributed by atoms with Gasteiger partial charge in [0.05, 0.1) is 11.3 Å². The number of aromatic carboxylic acids is 1. The summed E-state index contributed by atoms with van der Waals surface area (Å²) in [5, 5.41) is 14.3. The molecular weight excluding hydrogens is 359 g/mol. The summed E-state index contributed by atoms with van der Waals surface area (Å²) in [5.41, 5.74) is 0.342. The number of nitrogens with one attached hydrogen (secondary N) is 2. The summed E-state index contributed by atoms with van der Waals surface area (Å²) in [4.78, 5) is 22.8. The molecule has 1 aromatic carbocycles. The topological polar surface area (TPSA) is 78.4 Å². The molecule has 0 bridgehead atoms. The highest BCUT2D eigenvalue weighted by atomic mass is 127. The predicted octanol–water partition coefficient (Wildman–Crippen LogP) is 3.08. The summed E-state index contributed by atoms with van der Waals surface area (Å²) < 4.78 is 0.793. The molecule has 0 saturated heterocycles. The predicted molar refractivity (Wildman–Crippen MR) is 82.5 cm³/mol. The fraction of sp³-hybridized carbons (Fsp3) is 0.231. The third-order valence-electron chi connectivity index (χ3n) is 2.36. The molecule has 1 unspecified atom stereocenters. The van der Waals surface area contributed by atoms with Crippen LogP contribution in [0.5, 0.6) is 0 Å². The number of hydrogen-bond acceptors (Lipinski definition) is 2. The molecule has 3 N–H and O–H groups in total. The largest absolute Gasteiger partial charge is 0.478 e. The van der Waals surface area contributed by atoms with Crippen molar-refractivity contribution in [1.29, 1.82) is 0 Å². The van der Waals surface area contributed by atoms with Gasteiger partial charge in [-0.1, -0.05) is 6.08 Å². The number of urea groups is 1. The van der Waals surface area contributed by atoms with Crippen LogP contribution in [0, 0.1) is 3.57 Å². The molecule has 0 fully saturated rings. The quantitative estimate of drug-likeness (QED) is 0.548. The van der Waals surface area contributed by atoms with Crippen LogP contribution in [0.3, 0.4) is 0 Å². The summed E-state index contributed by atoms with van der Waals surface area (Å²) in [5.74, 6) is -1.08. The molecule has 0 heterocycles. The van der Waals surface area contributed by atoms with Gasteiger partial charge in [0.25, 0.3) is 0 Å². The van der Waals surface area contributed by atoms with Crippen LogP contribution in [-0.4, -0.2) is 23.1 Å². The Bertz CT molecular complexity index is 503. The molecule has 0 aromatic heterocycles. The monoisotopic (exact) mass is 374 g/mol. The lowest BCUT2D eigenvalue weighted by atomic mass is 10.2. The Labute approximate surface area is 125 Å². The Morgan fingerprint density at radius 3 is 2.79 bits per heavy atom. The summed E-state index contributed by atoms with van der Waals surface area (Å²) in [7, 11) is 0. The van der Waals surface area contributed by atoms with E-state index in [9.17, 15) is 9.59 Å². The molecular formula is C13H15IN2O3. The normalized spacial score (nSPS) is 11.5. The van der Waals surface area contributed by atoms with Gasteiger partial charge in [0.1, 0.15) is 0 Å². The molecule has 0 radical (unpaired) electrons. The van der Waals surface area contributed by atoms with Gasteiger partial charge in [0.2, 0.25) is 0 Å². The lowest BCUT2D eigenvalue weighted by molar-refractivity contribution is 0.0698. The number of anilines is 1. The first-order valence-electron chi connectivity index (χ1n) is 5.65. The molecule has 1 aromatic rings. The highest BCUT2D eigenvalue weighted by Crippen LogP contribution is 2.18. The molecule has 0 spiro atoms. The Morgan fingerprint density at radius 1 is 1.53 bits per heavy atom. The van der Waals surface area contributed by atoms with Crippen LogP contribution in [0.4, 0.5) is 10.5 Å². The maximum absolute atomic E-state index is 11.7. The van der Waals surface area contributed by atoms with Crippen molar-refractivity contribution in [3.05, 3.63) is 40.0 Å². The lowest BCUT2D eigenvalue weighted by Gasteiger charge is -2.14. The third-order valence-corrected chi connectivity index (χ3v) is 3.03. The van der Waals surface area contributed by atoms with Gasteiger partial charge in [0.15, 0.2) is 0 Å². The maximum atomic E-state index is 11.7. The summed E-state index contributed by atoms with van der Waals surface area (Å²) in [6.45, 7) is 5.43. The molecule has 0 aliphatic heterocycles. The second kappa shape index (κ2) is 7.13. The Balaban J connectivity index is 2.79. The van der Waals surface area contributed by atoms with Gasteiger partial charge in [0, 0.05) is 9.61 Å². The van der Waals surface area contributed by atoms with E-state index in [1.807, 2.05) is 29.5 Å². The summed E-state index contributed by atoms with van der Waals surface area (Å²) in [6, 6.07) is 4.32. The van der Waals surface area contributed by atoms with Crippen molar-refractivity contribution < 1.29 is 14.7 Å². The SMILES string of the molecule is C=CCC(C)NC(=O)Nc1ccc(I)cc1C(=O)O. The van der Waals surface area contributed by atoms with Crippen molar-refractivity contribution in [2.45, 2.75) is 19.4 Å². The van der Waals surface area contributed by atoms with Crippen molar-refractivity contribution in [3.63, 3.8) is 0 Å². The molecule has 1 rings (SSSR count). The number of amides is 2. The van der Waals surface area contributed by atoms with Crippen molar-refractivity contribution in [2.24, 2.45) is 0 Å². The molecule has 102 valence electrons. The zero-order valence-corrected chi connectivity index (χ0v) is 12.6. The van der Waals surface area contributed by atoms with Gasteiger partial charge in [-0.25, -0.2) is 9.59 Å². The molecule has 1 atom stereocenters. The molecule has 2 amide bonds. The van der Waals surface area contributed by atoms with Gasteiger partial charge < -0.3 is 15.7 Å². The maximum Gasteiger partial charge on any atom is 0.337 e. The highest BCUT2D eigenvalue weighted by molar-refractivity contribution is 14.1. The second-order valence-electron chi connectivity index (χ2n) is 4.02. The number of carboxylic acid groups (broad SMARTS) is 1. The first kappa shape index (κ1) is 15.5. The van der Waals surface area contributed by atoms with Gasteiger partial charge in [-0.2, -0.15) is 0 Å². The van der Waals surface area contributed by atoms with Gasteiger partial charge in [-0.05, 0) is 54.1 Å². The summed E-state index contributed by atoms with van der Waals surface area (Å²) >= 11 is 2.02. The minimum Gasteiger partial charge on any atom is -0.478 e. The number of halogens is 1. The standard InChI is InChI=1S/C13H15IN2O3/c1-3-4-8(2)15-13(19)16-11-6-5-9(14)7-10(11)12(17)18/h3,5-8H,1,4H2,2H3,(H,17,18)(H2,15,16,19). The number of carboxylic acids is 1. The smallest absolute Gasteiger partial charge is 0.337 e. The minimum atomic E-state index is -1.08. The molecule has 19 heavy (non-hydrogen) atoms. The fourth-order valence-electron chi connectivity index (χ4n) is 1.49. The van der Waals surface area contributed by atoms with Crippen LogP contribution in [0.2, 0.25) is 0 Å². The van der Waals surface area contributed by atoms with Gasteiger partial charge >= 0.3 is 12.0 Å². The van der Waals surface area contributed by atoms with E-state index < -0.39 is 12.0 Å². The molecule has 6 heteroatoms. The molecule has 0 aliphatic carbocycles. The van der Waals surface area contributed by atoms with E-state index in [2.05, 4.69) is 17.2 Å². The highest BCUT2D eigenvalue weighted by Gasteiger charge is 2.13. The summed E-state index contributed by atoms with van der Waals surface area (Å²) in [6.07, 6.45) is 2.35. The van der Waals surface area contributed by atoms with Crippen LogP contribution in [0.25, 0.3) is 0 Å². The van der Waals surface area contributed by atoms with E-state index in [1.54, 1.807) is 18.2 Å². The van der Waals surface area contributed by atoms with Crippen LogP contribution >= 0.6 is 22.6 Å². The van der Waals surface area contributed by atoms with Crippen molar-refractivity contribution in [2.75, 3.05) is 5.32 Å². The molecule has 0 saturated carbocycles. The number of carbonyl (C=O) groups is 2. The molecule has 0 aliphatic rings. The lowest BCUT2D eigenvalue weighted by Crippen LogP contribution is -2.36. The number of benzene rings is 1. The third kappa shape index (κ3) is 4.90. The van der Waals surface area contributed by atoms with Crippen LogP contribution in [-0.2, 0) is 0 Å². The molecule has 5 nitrogen and oxygen atoms in total. The van der Waals surface area contributed by atoms with Crippen molar-refractivity contribution in [1.82, 2.24) is 5.32 Å². The fourth-order valence-corrected chi connectivity index (χ4v) is 1.98. The Kier molecular flexibility index (Phi) is 5.81. The first-order valence-corrected chi connectivity index (χ1v) is 6.73. The van der Waals surface area contributed by atoms with Crippen molar-refractivity contribution in [3.8, 4) is 0 Å². The Hall–Kier alpha value is -1.57. The van der Waals surface area contributed by atoms with Crippen molar-refractivity contribution >= 4 is 40.3 Å². The van der Waals surface area contributed by atoms with E-state index in [1.165, 1.54) is 6.07 Å². The second-order valence-corrected chi connectivity index (χ2v) is 5.26. The van der Waals surface area contributed by atoms with E-state index >= 15 is 0 Å². The average molecular weight is 374 g/mol. The number of hydrogen-bond donors (Lipinski definition) is 3. The van der Waals surface area contributed by atoms with E-state index in [0.29, 0.717) is 6.42 Å². The van der Waals surface area contributed by atoms with Crippen LogP contribution < -0.4 is 10.6 Å². The zero-order valence-electron chi connectivity index (χ0n) is 10.4. The average Bonchev–Trinajstić information content (AvgIpc) is 2.31. The van der Waals surface area contributed by atoms with E-state index in [-0.39, 0.29) is 17.3 Å². The zero-order chi connectivity index (χ0) is 14.4. The van der Waals surface area contributed by atoms with Gasteiger partial charge in [-0.15, -0.1) is 6.58 Å². The minimum absolute atomic E-state index is 0.0605. The number of carbonyl (C=O) groups excluding carboxylic acids is 1. The van der Waals surface area contributed by atoms with Gasteiger partial charge in [-0.3, -0.25) is 0 Å². The first-order chi connectivity index (χ1) is 8.93. The van der Waals surface area contributed by atoms with E-state index in [4.69, 9.17) is 5.11 Å². The van der Waals surface area contributed by atoms with E-state index in [0.717, 1.165) is 3.57 Å². The Morgan fingerprint density at radius 2 is 2.21 bits per heavy atom. The van der Waals surface area contributed by atoms with Crippen LogP contribution in [0.1, 0.15) is 23.7 Å².